The molecule has 0 unspecified atom stereocenters. The Balaban J connectivity index is 1.57. The Kier molecular flexibility index (Phi) is 4.87. The van der Waals surface area contributed by atoms with E-state index in [0.29, 0.717) is 31.9 Å². The van der Waals surface area contributed by atoms with E-state index in [1.54, 1.807) is 18.9 Å². The van der Waals surface area contributed by atoms with Crippen molar-refractivity contribution < 1.29 is 23.9 Å². The van der Waals surface area contributed by atoms with E-state index in [1.807, 2.05) is 36.4 Å². The number of benzene rings is 2. The van der Waals surface area contributed by atoms with Crippen molar-refractivity contribution in [2.45, 2.75) is 12.5 Å². The molecule has 0 radical (unpaired) electrons. The van der Waals surface area contributed by atoms with Crippen LogP contribution >= 0.6 is 0 Å². The minimum absolute atomic E-state index is 0.258. The molecule has 2 aliphatic rings. The number of nitrogens with zero attached hydrogens (tertiary/aromatic N) is 2. The smallest absolute Gasteiger partial charge is 0.325 e. The highest BCUT2D eigenvalue weighted by molar-refractivity contribution is 6.09. The fourth-order valence-corrected chi connectivity index (χ4v) is 3.75. The summed E-state index contributed by atoms with van der Waals surface area (Å²) in [7, 11) is 1.61. The van der Waals surface area contributed by atoms with Gasteiger partial charge in [0.1, 0.15) is 17.8 Å². The maximum atomic E-state index is 13.1. The van der Waals surface area contributed by atoms with Crippen molar-refractivity contribution in [3.05, 3.63) is 42.0 Å². The van der Waals surface area contributed by atoms with Crippen LogP contribution in [-0.2, 0) is 19.9 Å². The van der Waals surface area contributed by atoms with Gasteiger partial charge in [0.05, 0.1) is 20.3 Å². The molecule has 152 valence electrons. The fourth-order valence-electron chi connectivity index (χ4n) is 3.75. The molecular weight excluding hydrogens is 374 g/mol. The molecule has 8 nitrogen and oxygen atoms in total. The van der Waals surface area contributed by atoms with E-state index in [-0.39, 0.29) is 12.5 Å². The fraction of sp³-hybridized carbons (Fsp3) is 0.381. The molecule has 2 aromatic rings. The number of nitrogens with one attached hydrogen (secondary N) is 1. The number of fused-ring (bicyclic) bond motifs is 1. The molecule has 0 bridgehead atoms. The normalized spacial score (nSPS) is 22.1. The molecule has 2 saturated heterocycles. The first-order valence-electron chi connectivity index (χ1n) is 9.50. The number of methoxy groups -OCH3 is 1. The van der Waals surface area contributed by atoms with Crippen molar-refractivity contribution in [3.63, 3.8) is 0 Å². The van der Waals surface area contributed by atoms with Crippen LogP contribution in [0, 0.1) is 0 Å². The monoisotopic (exact) mass is 397 g/mol. The Morgan fingerprint density at radius 1 is 1.14 bits per heavy atom. The number of ether oxygens (including phenoxy) is 2. The predicted molar refractivity (Wildman–Crippen MR) is 105 cm³/mol. The van der Waals surface area contributed by atoms with Gasteiger partial charge in [0.2, 0.25) is 5.91 Å². The number of imide groups is 1. The van der Waals surface area contributed by atoms with Crippen molar-refractivity contribution in [2.75, 3.05) is 40.0 Å². The summed E-state index contributed by atoms with van der Waals surface area (Å²) in [5.41, 5.74) is -0.564. The molecule has 1 N–H and O–H groups in total. The first-order chi connectivity index (χ1) is 13.9. The zero-order valence-corrected chi connectivity index (χ0v) is 16.4. The summed E-state index contributed by atoms with van der Waals surface area (Å²) in [6.07, 6.45) is 0. The second kappa shape index (κ2) is 7.36. The van der Waals surface area contributed by atoms with E-state index < -0.39 is 17.5 Å². The summed E-state index contributed by atoms with van der Waals surface area (Å²) in [5, 5.41) is 4.65. The molecule has 0 aliphatic carbocycles. The van der Waals surface area contributed by atoms with Gasteiger partial charge in [0.25, 0.3) is 5.91 Å². The lowest BCUT2D eigenvalue weighted by molar-refractivity contribution is -0.141. The Morgan fingerprint density at radius 2 is 1.83 bits per heavy atom. The van der Waals surface area contributed by atoms with Crippen molar-refractivity contribution in [2.24, 2.45) is 0 Å². The average Bonchev–Trinajstić information content (AvgIpc) is 2.97. The highest BCUT2D eigenvalue weighted by atomic mass is 16.5. The molecule has 2 aromatic carbocycles. The van der Waals surface area contributed by atoms with Crippen molar-refractivity contribution in [1.82, 2.24) is 15.1 Å². The second-order valence-electron chi connectivity index (χ2n) is 7.37. The van der Waals surface area contributed by atoms with E-state index in [2.05, 4.69) is 5.32 Å². The molecule has 4 amide bonds. The van der Waals surface area contributed by atoms with E-state index in [0.717, 1.165) is 21.4 Å². The van der Waals surface area contributed by atoms with Crippen LogP contribution in [0.25, 0.3) is 10.8 Å². The molecule has 0 spiro atoms. The number of carbonyl (C=O) groups is 3. The average molecular weight is 397 g/mol. The lowest BCUT2D eigenvalue weighted by Gasteiger charge is -2.28. The zero-order valence-electron chi connectivity index (χ0n) is 16.4. The van der Waals surface area contributed by atoms with Gasteiger partial charge in [0, 0.05) is 13.1 Å². The van der Waals surface area contributed by atoms with Crippen LogP contribution in [0.1, 0.15) is 12.5 Å². The summed E-state index contributed by atoms with van der Waals surface area (Å²) >= 11 is 0. The van der Waals surface area contributed by atoms with Gasteiger partial charge in [-0.3, -0.25) is 14.5 Å². The highest BCUT2D eigenvalue weighted by Crippen LogP contribution is 2.32. The van der Waals surface area contributed by atoms with Crippen LogP contribution in [0.2, 0.25) is 0 Å². The first-order valence-corrected chi connectivity index (χ1v) is 9.50. The number of hydrogen-bond acceptors (Lipinski definition) is 5. The molecule has 2 heterocycles. The van der Waals surface area contributed by atoms with Gasteiger partial charge in [-0.05, 0) is 41.5 Å². The Hall–Kier alpha value is -3.13. The topological polar surface area (TPSA) is 88.2 Å². The summed E-state index contributed by atoms with van der Waals surface area (Å²) < 4.78 is 10.5. The summed E-state index contributed by atoms with van der Waals surface area (Å²) in [4.78, 5) is 40.8. The van der Waals surface area contributed by atoms with Gasteiger partial charge in [-0.2, -0.15) is 0 Å². The Morgan fingerprint density at radius 3 is 2.55 bits per heavy atom. The lowest BCUT2D eigenvalue weighted by Crippen LogP contribution is -2.47. The van der Waals surface area contributed by atoms with Crippen molar-refractivity contribution >= 4 is 28.6 Å². The van der Waals surface area contributed by atoms with Crippen LogP contribution in [-0.4, -0.2) is 67.6 Å². The molecule has 1 atom stereocenters. The van der Waals surface area contributed by atoms with E-state index in [9.17, 15) is 14.4 Å². The SMILES string of the molecule is COc1ccc2cc([C@]3(C)NC(=O)N(CC(=O)N4CCOCC4)C3=O)ccc2c1. The maximum Gasteiger partial charge on any atom is 0.325 e. The minimum atomic E-state index is -1.23. The second-order valence-corrected chi connectivity index (χ2v) is 7.37. The molecule has 4 rings (SSSR count). The van der Waals surface area contributed by atoms with Crippen LogP contribution in [0.5, 0.6) is 5.75 Å². The van der Waals surface area contributed by atoms with Gasteiger partial charge >= 0.3 is 6.03 Å². The van der Waals surface area contributed by atoms with Crippen LogP contribution in [0.3, 0.4) is 0 Å². The summed E-state index contributed by atoms with van der Waals surface area (Å²) in [6, 6.07) is 10.7. The highest BCUT2D eigenvalue weighted by Gasteiger charge is 2.49. The lowest BCUT2D eigenvalue weighted by atomic mass is 9.90. The van der Waals surface area contributed by atoms with Crippen molar-refractivity contribution in [3.8, 4) is 5.75 Å². The molecule has 8 heteroatoms. The molecule has 0 saturated carbocycles. The quantitative estimate of drug-likeness (QED) is 0.790. The number of rotatable bonds is 4. The molecule has 2 fully saturated rings. The minimum Gasteiger partial charge on any atom is -0.497 e. The van der Waals surface area contributed by atoms with Gasteiger partial charge in [-0.15, -0.1) is 0 Å². The Labute approximate surface area is 168 Å². The third kappa shape index (κ3) is 3.40. The number of carbonyl (C=O) groups excluding carboxylic acids is 3. The van der Waals surface area contributed by atoms with E-state index >= 15 is 0 Å². The third-order valence-electron chi connectivity index (χ3n) is 5.56. The van der Waals surface area contributed by atoms with Crippen LogP contribution in [0.15, 0.2) is 36.4 Å². The molecular formula is C21H23N3O5. The van der Waals surface area contributed by atoms with Crippen LogP contribution in [0.4, 0.5) is 4.79 Å². The van der Waals surface area contributed by atoms with Crippen molar-refractivity contribution in [1.29, 1.82) is 0 Å². The Bertz CT molecular complexity index is 985. The summed E-state index contributed by atoms with van der Waals surface area (Å²) in [5.74, 6) is 0.0538. The number of amides is 4. The first kappa shape index (κ1) is 19.2. The molecule has 2 aliphatic heterocycles. The maximum absolute atomic E-state index is 13.1. The number of morpholine rings is 1. The number of hydrogen-bond donors (Lipinski definition) is 1. The van der Waals surface area contributed by atoms with E-state index in [1.165, 1.54) is 0 Å². The van der Waals surface area contributed by atoms with Gasteiger partial charge in [-0.25, -0.2) is 4.79 Å². The standard InChI is InChI=1S/C21H23N3O5/c1-21(16-5-3-15-12-17(28-2)6-4-14(15)11-16)19(26)24(20(27)22-21)13-18(25)23-7-9-29-10-8-23/h3-6,11-12H,7-10,13H2,1-2H3,(H,22,27)/t21-/m0/s1. The van der Waals surface area contributed by atoms with Gasteiger partial charge in [0.15, 0.2) is 0 Å². The predicted octanol–water partition coefficient (Wildman–Crippen LogP) is 1.47. The zero-order chi connectivity index (χ0) is 20.6. The summed E-state index contributed by atoms with van der Waals surface area (Å²) in [6.45, 7) is 3.25. The van der Waals surface area contributed by atoms with E-state index in [4.69, 9.17) is 9.47 Å². The van der Waals surface area contributed by atoms with Crippen LogP contribution < -0.4 is 10.1 Å². The molecule has 29 heavy (non-hydrogen) atoms. The third-order valence-corrected chi connectivity index (χ3v) is 5.56. The number of urea groups is 1. The van der Waals surface area contributed by atoms with Gasteiger partial charge in [-0.1, -0.05) is 18.2 Å². The molecule has 0 aromatic heterocycles. The largest absolute Gasteiger partial charge is 0.497 e. The van der Waals surface area contributed by atoms with Gasteiger partial charge < -0.3 is 19.7 Å².